The molecule has 3 nitrogen and oxygen atoms in total. The Morgan fingerprint density at radius 3 is 2.50 bits per heavy atom. The quantitative estimate of drug-likeness (QED) is 0.867. The lowest BCUT2D eigenvalue weighted by molar-refractivity contribution is -0.0869. The monoisotopic (exact) mass is 277 g/mol. The van der Waals surface area contributed by atoms with Crippen molar-refractivity contribution in [3.05, 3.63) is 35.4 Å². The zero-order chi connectivity index (χ0) is 14.4. The third kappa shape index (κ3) is 4.89. The molecular formula is C17H27NO2. The average molecular weight is 277 g/mol. The van der Waals surface area contributed by atoms with Gasteiger partial charge in [0.25, 0.3) is 0 Å². The van der Waals surface area contributed by atoms with E-state index < -0.39 is 0 Å². The summed E-state index contributed by atoms with van der Waals surface area (Å²) in [4.78, 5) is 0. The summed E-state index contributed by atoms with van der Waals surface area (Å²) in [7, 11) is 0. The van der Waals surface area contributed by atoms with Crippen molar-refractivity contribution in [2.75, 3.05) is 26.4 Å². The molecular weight excluding hydrogens is 250 g/mol. The zero-order valence-electron chi connectivity index (χ0n) is 12.9. The van der Waals surface area contributed by atoms with Gasteiger partial charge in [0.1, 0.15) is 0 Å². The van der Waals surface area contributed by atoms with Crippen LogP contribution in [0, 0.1) is 5.92 Å². The molecule has 3 heteroatoms. The second-order valence-electron chi connectivity index (χ2n) is 6.04. The Labute approximate surface area is 122 Å². The van der Waals surface area contributed by atoms with Crippen LogP contribution in [0.15, 0.2) is 24.3 Å². The third-order valence-electron chi connectivity index (χ3n) is 3.66. The van der Waals surface area contributed by atoms with Crippen LogP contribution in [0.25, 0.3) is 0 Å². The molecule has 1 aliphatic heterocycles. The van der Waals surface area contributed by atoms with Gasteiger partial charge in [-0.3, -0.25) is 0 Å². The molecule has 0 radical (unpaired) electrons. The largest absolute Gasteiger partial charge is 0.376 e. The van der Waals surface area contributed by atoms with Gasteiger partial charge in [-0.05, 0) is 30.4 Å². The second kappa shape index (κ2) is 7.77. The predicted octanol–water partition coefficient (Wildman–Crippen LogP) is 2.95. The molecule has 0 aromatic heterocycles. The molecule has 1 aromatic carbocycles. The average Bonchev–Trinajstić information content (AvgIpc) is 2.46. The van der Waals surface area contributed by atoms with Crippen molar-refractivity contribution in [2.24, 2.45) is 5.92 Å². The highest BCUT2D eigenvalue weighted by atomic mass is 16.6. The van der Waals surface area contributed by atoms with Crippen LogP contribution >= 0.6 is 0 Å². The third-order valence-corrected chi connectivity index (χ3v) is 3.66. The van der Waals surface area contributed by atoms with E-state index in [4.69, 9.17) is 9.47 Å². The van der Waals surface area contributed by atoms with E-state index in [1.54, 1.807) is 0 Å². The SMILES string of the molecule is CC(C)Cc1ccc(C(C)NCC2COCCO2)cc1. The molecule has 1 aliphatic rings. The van der Waals surface area contributed by atoms with E-state index in [-0.39, 0.29) is 6.10 Å². The number of hydrogen-bond acceptors (Lipinski definition) is 3. The van der Waals surface area contributed by atoms with E-state index in [2.05, 4.69) is 50.4 Å². The van der Waals surface area contributed by atoms with Crippen molar-refractivity contribution >= 4 is 0 Å². The minimum Gasteiger partial charge on any atom is -0.376 e. The number of hydrogen-bond donors (Lipinski definition) is 1. The summed E-state index contributed by atoms with van der Waals surface area (Å²) in [5, 5.41) is 3.52. The normalized spacial score (nSPS) is 21.1. The molecule has 0 aliphatic carbocycles. The fourth-order valence-electron chi connectivity index (χ4n) is 2.49. The molecule has 1 heterocycles. The Morgan fingerprint density at radius 2 is 1.90 bits per heavy atom. The first-order valence-electron chi connectivity index (χ1n) is 7.66. The molecule has 0 amide bonds. The number of benzene rings is 1. The maximum absolute atomic E-state index is 5.64. The smallest absolute Gasteiger partial charge is 0.0933 e. The number of rotatable bonds is 6. The summed E-state index contributed by atoms with van der Waals surface area (Å²) < 4.78 is 11.0. The molecule has 1 N–H and O–H groups in total. The Bertz CT molecular complexity index is 382. The van der Waals surface area contributed by atoms with Gasteiger partial charge in [-0.25, -0.2) is 0 Å². The van der Waals surface area contributed by atoms with E-state index in [1.807, 2.05) is 0 Å². The van der Waals surface area contributed by atoms with Crippen LogP contribution in [-0.4, -0.2) is 32.5 Å². The lowest BCUT2D eigenvalue weighted by Gasteiger charge is -2.25. The van der Waals surface area contributed by atoms with Crippen LogP contribution in [0.3, 0.4) is 0 Å². The highest BCUT2D eigenvalue weighted by molar-refractivity contribution is 5.25. The van der Waals surface area contributed by atoms with Crippen molar-refractivity contribution in [2.45, 2.75) is 39.3 Å². The minimum absolute atomic E-state index is 0.186. The van der Waals surface area contributed by atoms with Gasteiger partial charge in [0.05, 0.1) is 25.9 Å². The Kier molecular flexibility index (Phi) is 6.02. The molecule has 20 heavy (non-hydrogen) atoms. The van der Waals surface area contributed by atoms with E-state index in [0.717, 1.165) is 19.6 Å². The molecule has 112 valence electrons. The molecule has 2 rings (SSSR count). The fourth-order valence-corrected chi connectivity index (χ4v) is 2.49. The molecule has 0 saturated carbocycles. The molecule has 1 aromatic rings. The van der Waals surface area contributed by atoms with E-state index in [0.29, 0.717) is 25.2 Å². The van der Waals surface area contributed by atoms with Gasteiger partial charge in [0, 0.05) is 12.6 Å². The van der Waals surface area contributed by atoms with Crippen molar-refractivity contribution < 1.29 is 9.47 Å². The topological polar surface area (TPSA) is 30.5 Å². The first-order chi connectivity index (χ1) is 9.65. The van der Waals surface area contributed by atoms with Gasteiger partial charge >= 0.3 is 0 Å². The zero-order valence-corrected chi connectivity index (χ0v) is 12.9. The molecule has 1 fully saturated rings. The first-order valence-corrected chi connectivity index (χ1v) is 7.66. The lowest BCUT2D eigenvalue weighted by Crippen LogP contribution is -2.38. The first kappa shape index (κ1) is 15.5. The maximum Gasteiger partial charge on any atom is 0.0933 e. The summed E-state index contributed by atoms with van der Waals surface area (Å²) >= 11 is 0. The lowest BCUT2D eigenvalue weighted by atomic mass is 10.00. The molecule has 0 bridgehead atoms. The van der Waals surface area contributed by atoms with Gasteiger partial charge in [-0.2, -0.15) is 0 Å². The van der Waals surface area contributed by atoms with E-state index >= 15 is 0 Å². The van der Waals surface area contributed by atoms with Gasteiger partial charge in [-0.1, -0.05) is 38.1 Å². The van der Waals surface area contributed by atoms with Gasteiger partial charge in [0.2, 0.25) is 0 Å². The minimum atomic E-state index is 0.186. The summed E-state index contributed by atoms with van der Waals surface area (Å²) in [6.45, 7) is 9.69. The van der Waals surface area contributed by atoms with Gasteiger partial charge < -0.3 is 14.8 Å². The molecule has 0 spiro atoms. The second-order valence-corrected chi connectivity index (χ2v) is 6.04. The van der Waals surface area contributed by atoms with Crippen molar-refractivity contribution in [1.29, 1.82) is 0 Å². The molecule has 1 saturated heterocycles. The van der Waals surface area contributed by atoms with Gasteiger partial charge in [-0.15, -0.1) is 0 Å². The highest BCUT2D eigenvalue weighted by Gasteiger charge is 2.15. The van der Waals surface area contributed by atoms with E-state index in [9.17, 15) is 0 Å². The van der Waals surface area contributed by atoms with Crippen LogP contribution in [0.1, 0.15) is 37.9 Å². The van der Waals surface area contributed by atoms with Crippen LogP contribution in [0.5, 0.6) is 0 Å². The standard InChI is InChI=1S/C17H27NO2/c1-13(2)10-15-4-6-16(7-5-15)14(3)18-11-17-12-19-8-9-20-17/h4-7,13-14,17-18H,8-12H2,1-3H3. The Hall–Kier alpha value is -0.900. The van der Waals surface area contributed by atoms with Crippen molar-refractivity contribution in [1.82, 2.24) is 5.32 Å². The van der Waals surface area contributed by atoms with E-state index in [1.165, 1.54) is 11.1 Å². The molecule has 2 unspecified atom stereocenters. The fraction of sp³-hybridized carbons (Fsp3) is 0.647. The van der Waals surface area contributed by atoms with Crippen LogP contribution in [-0.2, 0) is 15.9 Å². The summed E-state index contributed by atoms with van der Waals surface area (Å²) in [5.41, 5.74) is 2.74. The van der Waals surface area contributed by atoms with Crippen LogP contribution in [0.4, 0.5) is 0 Å². The van der Waals surface area contributed by atoms with Crippen molar-refractivity contribution in [3.8, 4) is 0 Å². The number of ether oxygens (including phenoxy) is 2. The molecule has 2 atom stereocenters. The summed E-state index contributed by atoms with van der Waals surface area (Å²) in [5.74, 6) is 0.708. The van der Waals surface area contributed by atoms with Crippen LogP contribution < -0.4 is 5.32 Å². The number of nitrogens with one attached hydrogen (secondary N) is 1. The summed E-state index contributed by atoms with van der Waals surface area (Å²) in [6.07, 6.45) is 1.33. The predicted molar refractivity (Wildman–Crippen MR) is 82.0 cm³/mol. The Morgan fingerprint density at radius 1 is 1.15 bits per heavy atom. The summed E-state index contributed by atoms with van der Waals surface area (Å²) in [6, 6.07) is 9.29. The van der Waals surface area contributed by atoms with Crippen LogP contribution in [0.2, 0.25) is 0 Å². The maximum atomic E-state index is 5.64. The van der Waals surface area contributed by atoms with Crippen molar-refractivity contribution in [3.63, 3.8) is 0 Å². The highest BCUT2D eigenvalue weighted by Crippen LogP contribution is 2.15. The van der Waals surface area contributed by atoms with Gasteiger partial charge in [0.15, 0.2) is 0 Å². The Balaban J connectivity index is 1.80.